The summed E-state index contributed by atoms with van der Waals surface area (Å²) < 4.78 is 5.75. The quantitative estimate of drug-likeness (QED) is 0.485. The van der Waals surface area contributed by atoms with E-state index in [1.807, 2.05) is 0 Å². The molecule has 1 aliphatic heterocycles. The monoisotopic (exact) mass is 152 g/mol. The van der Waals surface area contributed by atoms with Crippen molar-refractivity contribution >= 4 is 0 Å². The van der Waals surface area contributed by atoms with Crippen molar-refractivity contribution in [3.05, 3.63) is 0 Å². The average Bonchev–Trinajstić information content (AvgIpc) is 2.69. The molecule has 4 atom stereocenters. The molecule has 2 saturated carbocycles. The smallest absolute Gasteiger partial charge is 0.0923 e. The highest BCUT2D eigenvalue weighted by molar-refractivity contribution is 5.21. The third-order valence-electron chi connectivity index (χ3n) is 4.36. The SMILES string of the molecule is CC12CC[C@H]3[C@@H](C1O2)C3(C)C. The van der Waals surface area contributed by atoms with E-state index in [1.165, 1.54) is 12.8 Å². The summed E-state index contributed by atoms with van der Waals surface area (Å²) in [6.45, 7) is 7.08. The van der Waals surface area contributed by atoms with E-state index >= 15 is 0 Å². The third-order valence-corrected chi connectivity index (χ3v) is 4.36. The predicted octanol–water partition coefficient (Wildman–Crippen LogP) is 2.21. The molecule has 0 radical (unpaired) electrons. The highest BCUT2D eigenvalue weighted by Gasteiger charge is 2.74. The van der Waals surface area contributed by atoms with E-state index < -0.39 is 0 Å². The second kappa shape index (κ2) is 1.39. The summed E-state index contributed by atoms with van der Waals surface area (Å²) >= 11 is 0. The lowest BCUT2D eigenvalue weighted by Crippen LogP contribution is -2.16. The predicted molar refractivity (Wildman–Crippen MR) is 43.3 cm³/mol. The largest absolute Gasteiger partial charge is 0.366 e. The normalized spacial score (nSPS) is 63.0. The lowest BCUT2D eigenvalue weighted by molar-refractivity contribution is 0.286. The van der Waals surface area contributed by atoms with Crippen molar-refractivity contribution in [1.82, 2.24) is 0 Å². The molecule has 0 bridgehead atoms. The Hall–Kier alpha value is -0.0400. The van der Waals surface area contributed by atoms with Crippen molar-refractivity contribution in [2.75, 3.05) is 0 Å². The second-order valence-electron chi connectivity index (χ2n) is 5.34. The molecule has 0 spiro atoms. The maximum absolute atomic E-state index is 5.75. The van der Waals surface area contributed by atoms with Crippen molar-refractivity contribution in [2.24, 2.45) is 17.3 Å². The lowest BCUT2D eigenvalue weighted by Gasteiger charge is -2.09. The minimum Gasteiger partial charge on any atom is -0.366 e. The van der Waals surface area contributed by atoms with Crippen LogP contribution >= 0.6 is 0 Å². The summed E-state index contributed by atoms with van der Waals surface area (Å²) in [5.41, 5.74) is 0.924. The van der Waals surface area contributed by atoms with Gasteiger partial charge in [-0.2, -0.15) is 0 Å². The van der Waals surface area contributed by atoms with Crippen LogP contribution in [-0.4, -0.2) is 11.7 Å². The topological polar surface area (TPSA) is 12.5 Å². The zero-order chi connectivity index (χ0) is 7.85. The third kappa shape index (κ3) is 0.581. The van der Waals surface area contributed by atoms with Crippen molar-refractivity contribution in [2.45, 2.75) is 45.3 Å². The first kappa shape index (κ1) is 6.47. The van der Waals surface area contributed by atoms with E-state index in [0.717, 1.165) is 11.8 Å². The molecule has 1 heteroatoms. The number of fused-ring (bicyclic) bond motifs is 3. The first-order valence-corrected chi connectivity index (χ1v) is 4.73. The molecule has 0 aromatic carbocycles. The summed E-state index contributed by atoms with van der Waals surface area (Å²) in [5.74, 6) is 1.89. The first-order chi connectivity index (χ1) is 5.06. The van der Waals surface area contributed by atoms with Crippen LogP contribution in [0, 0.1) is 17.3 Å². The Bertz CT molecular complexity index is 221. The van der Waals surface area contributed by atoms with Crippen molar-refractivity contribution in [3.63, 3.8) is 0 Å². The Morgan fingerprint density at radius 2 is 2.00 bits per heavy atom. The lowest BCUT2D eigenvalue weighted by atomic mass is 9.91. The summed E-state index contributed by atoms with van der Waals surface area (Å²) in [7, 11) is 0. The summed E-state index contributed by atoms with van der Waals surface area (Å²) in [6, 6.07) is 0. The van der Waals surface area contributed by atoms with Gasteiger partial charge >= 0.3 is 0 Å². The zero-order valence-electron chi connectivity index (χ0n) is 7.55. The van der Waals surface area contributed by atoms with Gasteiger partial charge in [-0.25, -0.2) is 0 Å². The highest BCUT2D eigenvalue weighted by Crippen LogP contribution is 2.72. The molecule has 1 saturated heterocycles. The summed E-state index contributed by atoms with van der Waals surface area (Å²) in [5, 5.41) is 0. The molecule has 1 heterocycles. The van der Waals surface area contributed by atoms with Gasteiger partial charge in [-0.05, 0) is 37.0 Å². The van der Waals surface area contributed by atoms with Gasteiger partial charge < -0.3 is 4.74 Å². The summed E-state index contributed by atoms with van der Waals surface area (Å²) in [6.07, 6.45) is 3.35. The van der Waals surface area contributed by atoms with Gasteiger partial charge in [0.2, 0.25) is 0 Å². The van der Waals surface area contributed by atoms with Crippen molar-refractivity contribution in [3.8, 4) is 0 Å². The Morgan fingerprint density at radius 1 is 1.27 bits per heavy atom. The molecule has 0 aromatic rings. The van der Waals surface area contributed by atoms with Crippen LogP contribution in [0.1, 0.15) is 33.6 Å². The van der Waals surface area contributed by atoms with Gasteiger partial charge in [-0.1, -0.05) is 13.8 Å². The average molecular weight is 152 g/mol. The summed E-state index contributed by atoms with van der Waals surface area (Å²) in [4.78, 5) is 0. The maximum atomic E-state index is 5.75. The minimum absolute atomic E-state index is 0.314. The van der Waals surface area contributed by atoms with E-state index in [1.54, 1.807) is 0 Å². The Labute approximate surface area is 68.1 Å². The second-order valence-corrected chi connectivity index (χ2v) is 5.34. The molecule has 0 N–H and O–H groups in total. The number of hydrogen-bond donors (Lipinski definition) is 0. The molecule has 62 valence electrons. The van der Waals surface area contributed by atoms with E-state index in [9.17, 15) is 0 Å². The van der Waals surface area contributed by atoms with Gasteiger partial charge in [0.05, 0.1) is 11.7 Å². The molecule has 0 aromatic heterocycles. The fourth-order valence-corrected chi connectivity index (χ4v) is 3.29. The minimum atomic E-state index is 0.314. The van der Waals surface area contributed by atoms with E-state index in [0.29, 0.717) is 17.1 Å². The number of hydrogen-bond acceptors (Lipinski definition) is 1. The molecule has 0 amide bonds. The first-order valence-electron chi connectivity index (χ1n) is 4.73. The van der Waals surface area contributed by atoms with Crippen LogP contribution in [0.25, 0.3) is 0 Å². The van der Waals surface area contributed by atoms with Crippen LogP contribution in [0.3, 0.4) is 0 Å². The zero-order valence-corrected chi connectivity index (χ0v) is 7.55. The van der Waals surface area contributed by atoms with Crippen LogP contribution in [0.2, 0.25) is 0 Å². The fraction of sp³-hybridized carbons (Fsp3) is 1.00. The standard InChI is InChI=1S/C10H16O/c1-9(2)6-4-5-10(3)8(11-10)7(6)9/h6-8H,4-5H2,1-3H3/t6-,7-,8?,10?/m0/s1. The fourth-order valence-electron chi connectivity index (χ4n) is 3.29. The van der Waals surface area contributed by atoms with Gasteiger partial charge in [0, 0.05) is 0 Å². The van der Waals surface area contributed by atoms with Crippen molar-refractivity contribution in [1.29, 1.82) is 0 Å². The van der Waals surface area contributed by atoms with Crippen LogP contribution in [0.4, 0.5) is 0 Å². The number of ether oxygens (including phenoxy) is 1. The Kier molecular flexibility index (Phi) is 0.820. The number of epoxide rings is 1. The molecule has 11 heavy (non-hydrogen) atoms. The highest BCUT2D eigenvalue weighted by atomic mass is 16.6. The van der Waals surface area contributed by atoms with Gasteiger partial charge in [0.15, 0.2) is 0 Å². The molecule has 3 fully saturated rings. The molecule has 3 rings (SSSR count). The molecule has 2 aliphatic carbocycles. The van der Waals surface area contributed by atoms with Crippen molar-refractivity contribution < 1.29 is 4.74 Å². The van der Waals surface area contributed by atoms with Gasteiger partial charge in [0.25, 0.3) is 0 Å². The van der Waals surface area contributed by atoms with E-state index in [-0.39, 0.29) is 0 Å². The van der Waals surface area contributed by atoms with Crippen LogP contribution in [0.5, 0.6) is 0 Å². The Morgan fingerprint density at radius 3 is 2.64 bits per heavy atom. The van der Waals surface area contributed by atoms with Gasteiger partial charge in [-0.3, -0.25) is 0 Å². The van der Waals surface area contributed by atoms with Gasteiger partial charge in [-0.15, -0.1) is 0 Å². The van der Waals surface area contributed by atoms with Gasteiger partial charge in [0.1, 0.15) is 0 Å². The molecule has 3 aliphatic rings. The Balaban J connectivity index is 1.90. The van der Waals surface area contributed by atoms with Crippen LogP contribution < -0.4 is 0 Å². The van der Waals surface area contributed by atoms with E-state index in [2.05, 4.69) is 20.8 Å². The molecule has 2 unspecified atom stereocenters. The van der Waals surface area contributed by atoms with Crippen LogP contribution in [-0.2, 0) is 4.74 Å². The molecule has 1 nitrogen and oxygen atoms in total. The maximum Gasteiger partial charge on any atom is 0.0923 e. The molecular formula is C10H16O. The van der Waals surface area contributed by atoms with Crippen LogP contribution in [0.15, 0.2) is 0 Å². The van der Waals surface area contributed by atoms with E-state index in [4.69, 9.17) is 4.74 Å². The molecular weight excluding hydrogens is 136 g/mol. The number of rotatable bonds is 0.